The number of benzene rings is 1. The first-order valence-electron chi connectivity index (χ1n) is 7.71. The van der Waals surface area contributed by atoms with Gasteiger partial charge in [-0.3, -0.25) is 15.3 Å². The molecule has 0 fully saturated rings. The highest BCUT2D eigenvalue weighted by Gasteiger charge is 2.18. The topological polar surface area (TPSA) is 47.3 Å². The Kier molecular flexibility index (Phi) is 3.52. The molecule has 1 aliphatic rings. The molecular weight excluding hydrogens is 276 g/mol. The number of furan rings is 1. The third-order valence-corrected chi connectivity index (χ3v) is 4.16. The molecule has 1 aromatic carbocycles. The second-order valence-electron chi connectivity index (χ2n) is 5.66. The normalized spacial score (nSPS) is 14.0. The summed E-state index contributed by atoms with van der Waals surface area (Å²) < 4.78 is 5.06. The van der Waals surface area contributed by atoms with E-state index >= 15 is 0 Å². The number of hydrogen-bond donors (Lipinski definition) is 1. The first-order chi connectivity index (χ1) is 10.9. The van der Waals surface area contributed by atoms with Crippen molar-refractivity contribution in [3.8, 4) is 0 Å². The van der Waals surface area contributed by atoms with Gasteiger partial charge in [0.2, 0.25) is 0 Å². The molecule has 4 nitrogen and oxygen atoms in total. The molecule has 0 saturated heterocycles. The van der Waals surface area contributed by atoms with Crippen LogP contribution in [0.4, 0.5) is 5.69 Å². The SMILES string of the molecule is c1ccc2c(NOCc3ccoc3)c3c(nc2c1)CCCC3. The Hall–Kier alpha value is -2.33. The van der Waals surface area contributed by atoms with Gasteiger partial charge in [0.25, 0.3) is 0 Å². The van der Waals surface area contributed by atoms with E-state index in [0.29, 0.717) is 6.61 Å². The van der Waals surface area contributed by atoms with Crippen LogP contribution in [0, 0.1) is 0 Å². The van der Waals surface area contributed by atoms with Crippen LogP contribution in [0.3, 0.4) is 0 Å². The van der Waals surface area contributed by atoms with E-state index in [0.717, 1.165) is 35.0 Å². The predicted molar refractivity (Wildman–Crippen MR) is 85.5 cm³/mol. The van der Waals surface area contributed by atoms with E-state index in [1.165, 1.54) is 24.1 Å². The molecule has 0 spiro atoms. The van der Waals surface area contributed by atoms with Crippen molar-refractivity contribution in [2.24, 2.45) is 0 Å². The van der Waals surface area contributed by atoms with Gasteiger partial charge in [0.15, 0.2) is 0 Å². The van der Waals surface area contributed by atoms with Crippen LogP contribution in [0.15, 0.2) is 47.3 Å². The molecule has 0 amide bonds. The number of anilines is 1. The lowest BCUT2D eigenvalue weighted by Crippen LogP contribution is -2.11. The number of aryl methyl sites for hydroxylation is 1. The number of nitrogens with zero attached hydrogens (tertiary/aromatic N) is 1. The number of para-hydroxylation sites is 1. The average molecular weight is 294 g/mol. The summed E-state index contributed by atoms with van der Waals surface area (Å²) in [4.78, 5) is 10.5. The first-order valence-corrected chi connectivity index (χ1v) is 7.71. The van der Waals surface area contributed by atoms with Crippen LogP contribution in [-0.2, 0) is 24.3 Å². The number of aromatic nitrogens is 1. The maximum absolute atomic E-state index is 5.70. The van der Waals surface area contributed by atoms with E-state index in [1.54, 1.807) is 12.5 Å². The van der Waals surface area contributed by atoms with Crippen LogP contribution in [0.25, 0.3) is 10.9 Å². The summed E-state index contributed by atoms with van der Waals surface area (Å²) in [5.41, 5.74) is 8.80. The van der Waals surface area contributed by atoms with Crippen molar-refractivity contribution in [1.29, 1.82) is 0 Å². The van der Waals surface area contributed by atoms with Crippen LogP contribution in [0.2, 0.25) is 0 Å². The number of nitrogens with one attached hydrogen (secondary N) is 1. The maximum atomic E-state index is 5.70. The molecule has 4 heteroatoms. The lowest BCUT2D eigenvalue weighted by molar-refractivity contribution is 0.179. The number of rotatable bonds is 4. The summed E-state index contributed by atoms with van der Waals surface area (Å²) in [5, 5.41) is 1.12. The Balaban J connectivity index is 1.67. The van der Waals surface area contributed by atoms with Gasteiger partial charge in [-0.25, -0.2) is 0 Å². The zero-order valence-electron chi connectivity index (χ0n) is 12.3. The molecular formula is C18H18N2O2. The Bertz CT molecular complexity index is 781. The highest BCUT2D eigenvalue weighted by Crippen LogP contribution is 2.33. The third-order valence-electron chi connectivity index (χ3n) is 4.16. The Morgan fingerprint density at radius 3 is 2.95 bits per heavy atom. The minimum atomic E-state index is 0.474. The highest BCUT2D eigenvalue weighted by molar-refractivity contribution is 5.93. The van der Waals surface area contributed by atoms with Crippen LogP contribution in [-0.4, -0.2) is 4.98 Å². The fourth-order valence-electron chi connectivity index (χ4n) is 3.06. The monoisotopic (exact) mass is 294 g/mol. The third kappa shape index (κ3) is 2.46. The molecule has 0 unspecified atom stereocenters. The highest BCUT2D eigenvalue weighted by atomic mass is 16.6. The minimum Gasteiger partial charge on any atom is -0.472 e. The van der Waals surface area contributed by atoms with Gasteiger partial charge in [0.05, 0.1) is 23.7 Å². The van der Waals surface area contributed by atoms with Gasteiger partial charge >= 0.3 is 0 Å². The van der Waals surface area contributed by atoms with E-state index in [1.807, 2.05) is 18.2 Å². The van der Waals surface area contributed by atoms with Gasteiger partial charge in [-0.05, 0) is 43.4 Å². The molecule has 22 heavy (non-hydrogen) atoms. The second kappa shape index (κ2) is 5.81. The van der Waals surface area contributed by atoms with Gasteiger partial charge in [0.1, 0.15) is 6.61 Å². The van der Waals surface area contributed by atoms with E-state index in [9.17, 15) is 0 Å². The molecule has 2 aromatic heterocycles. The van der Waals surface area contributed by atoms with Crippen LogP contribution in [0.5, 0.6) is 0 Å². The molecule has 1 N–H and O–H groups in total. The van der Waals surface area contributed by atoms with Crippen molar-refractivity contribution in [2.45, 2.75) is 32.3 Å². The van der Waals surface area contributed by atoms with Crippen molar-refractivity contribution in [1.82, 2.24) is 4.98 Å². The van der Waals surface area contributed by atoms with Crippen molar-refractivity contribution in [3.63, 3.8) is 0 Å². The van der Waals surface area contributed by atoms with Gasteiger partial charge in [-0.2, -0.15) is 0 Å². The molecule has 0 aliphatic heterocycles. The van der Waals surface area contributed by atoms with Gasteiger partial charge < -0.3 is 4.42 Å². The Morgan fingerprint density at radius 1 is 1.14 bits per heavy atom. The standard InChI is InChI=1S/C18H18N2O2/c1-3-7-16-14(5-1)18(15-6-2-4-8-17(15)19-16)20-22-12-13-9-10-21-11-13/h1,3,5,7,9-11H,2,4,6,8,12H2,(H,19,20). The molecule has 112 valence electrons. The molecule has 0 radical (unpaired) electrons. The zero-order valence-corrected chi connectivity index (χ0v) is 12.3. The van der Waals surface area contributed by atoms with Crippen molar-refractivity contribution >= 4 is 16.6 Å². The number of hydrogen-bond acceptors (Lipinski definition) is 4. The summed E-state index contributed by atoms with van der Waals surface area (Å²) >= 11 is 0. The van der Waals surface area contributed by atoms with Gasteiger partial charge in [-0.1, -0.05) is 18.2 Å². The Labute approximate surface area is 129 Å². The van der Waals surface area contributed by atoms with E-state index in [-0.39, 0.29) is 0 Å². The molecule has 2 heterocycles. The van der Waals surface area contributed by atoms with Crippen LogP contribution in [0.1, 0.15) is 29.7 Å². The van der Waals surface area contributed by atoms with Crippen molar-refractivity contribution < 1.29 is 9.25 Å². The molecule has 4 rings (SSSR count). The molecule has 0 saturated carbocycles. The fraction of sp³-hybridized carbons (Fsp3) is 0.278. The summed E-state index contributed by atoms with van der Waals surface area (Å²) in [5.74, 6) is 0. The zero-order chi connectivity index (χ0) is 14.8. The van der Waals surface area contributed by atoms with E-state index in [4.69, 9.17) is 14.2 Å². The fourth-order valence-corrected chi connectivity index (χ4v) is 3.06. The largest absolute Gasteiger partial charge is 0.472 e. The van der Waals surface area contributed by atoms with Crippen molar-refractivity contribution in [3.05, 3.63) is 59.7 Å². The molecule has 3 aromatic rings. The van der Waals surface area contributed by atoms with E-state index < -0.39 is 0 Å². The summed E-state index contributed by atoms with van der Waals surface area (Å²) in [6, 6.07) is 10.1. The van der Waals surface area contributed by atoms with Crippen molar-refractivity contribution in [2.75, 3.05) is 5.48 Å². The first kappa shape index (κ1) is 13.3. The van der Waals surface area contributed by atoms with E-state index in [2.05, 4.69) is 17.6 Å². The minimum absolute atomic E-state index is 0.474. The summed E-state index contributed by atoms with van der Waals surface area (Å²) in [7, 11) is 0. The predicted octanol–water partition coefficient (Wildman–Crippen LogP) is 4.25. The Morgan fingerprint density at radius 2 is 2.05 bits per heavy atom. The quantitative estimate of drug-likeness (QED) is 0.731. The average Bonchev–Trinajstić information content (AvgIpc) is 3.07. The smallest absolute Gasteiger partial charge is 0.103 e. The van der Waals surface area contributed by atoms with Gasteiger partial charge in [0, 0.05) is 16.6 Å². The lowest BCUT2D eigenvalue weighted by atomic mass is 9.93. The maximum Gasteiger partial charge on any atom is 0.103 e. The van der Waals surface area contributed by atoms with Gasteiger partial charge in [-0.15, -0.1) is 0 Å². The number of pyridine rings is 1. The van der Waals surface area contributed by atoms with Crippen LogP contribution < -0.4 is 5.48 Å². The van der Waals surface area contributed by atoms with Crippen LogP contribution >= 0.6 is 0 Å². The molecule has 0 atom stereocenters. The summed E-state index contributed by atoms with van der Waals surface area (Å²) in [6.45, 7) is 0.474. The number of fused-ring (bicyclic) bond motifs is 2. The summed E-state index contributed by atoms with van der Waals surface area (Å²) in [6.07, 6.45) is 7.89. The molecule has 0 bridgehead atoms. The molecule has 1 aliphatic carbocycles. The lowest BCUT2D eigenvalue weighted by Gasteiger charge is -2.21. The second-order valence-corrected chi connectivity index (χ2v) is 5.66.